The number of carbonyl (C=O) groups is 1. The van der Waals surface area contributed by atoms with E-state index in [4.69, 9.17) is 9.26 Å². The summed E-state index contributed by atoms with van der Waals surface area (Å²) in [5.74, 6) is 2.32. The van der Waals surface area contributed by atoms with Crippen LogP contribution in [0, 0.1) is 12.8 Å². The molecule has 0 aliphatic carbocycles. The number of benzene rings is 1. The summed E-state index contributed by atoms with van der Waals surface area (Å²) in [5.41, 5.74) is 0.962. The van der Waals surface area contributed by atoms with Crippen molar-refractivity contribution in [2.45, 2.75) is 25.3 Å². The fourth-order valence-corrected chi connectivity index (χ4v) is 3.51. The van der Waals surface area contributed by atoms with Crippen LogP contribution in [0.5, 0.6) is 0 Å². The van der Waals surface area contributed by atoms with Crippen LogP contribution < -0.4 is 4.90 Å². The molecule has 0 spiro atoms. The lowest BCUT2D eigenvalue weighted by Gasteiger charge is -2.24. The maximum Gasteiger partial charge on any atom is 0.253 e. The average molecular weight is 333 g/mol. The van der Waals surface area contributed by atoms with Gasteiger partial charge in [-0.1, -0.05) is 24.2 Å². The van der Waals surface area contributed by atoms with Gasteiger partial charge in [-0.05, 0) is 25.0 Å². The third-order valence-corrected chi connectivity index (χ3v) is 4.89. The van der Waals surface area contributed by atoms with E-state index in [-0.39, 0.29) is 19.1 Å². The molecule has 23 heavy (non-hydrogen) atoms. The topological polar surface area (TPSA) is 68.5 Å². The highest BCUT2D eigenvalue weighted by Gasteiger charge is 2.24. The predicted octanol–water partition coefficient (Wildman–Crippen LogP) is 2.67. The molecule has 2 aromatic rings. The Morgan fingerprint density at radius 1 is 1.48 bits per heavy atom. The van der Waals surface area contributed by atoms with Crippen LogP contribution in [0.15, 0.2) is 33.7 Å². The number of para-hydroxylation sites is 1. The normalized spacial score (nSPS) is 17.7. The van der Waals surface area contributed by atoms with Crippen molar-refractivity contribution in [2.24, 2.45) is 5.92 Å². The summed E-state index contributed by atoms with van der Waals surface area (Å²) in [4.78, 5) is 19.6. The molecule has 1 aromatic carbocycles. The summed E-state index contributed by atoms with van der Waals surface area (Å²) in [6, 6.07) is 8.00. The Labute approximate surface area is 139 Å². The monoisotopic (exact) mass is 333 g/mol. The first-order chi connectivity index (χ1) is 11.1. The summed E-state index contributed by atoms with van der Waals surface area (Å²) >= 11 is 1.79. The zero-order chi connectivity index (χ0) is 16.2. The zero-order valence-corrected chi connectivity index (χ0v) is 14.0. The number of thioether (sulfide) groups is 1. The number of ether oxygens (including phenoxy) is 1. The van der Waals surface area contributed by atoms with E-state index in [1.807, 2.05) is 23.1 Å². The van der Waals surface area contributed by atoms with Crippen molar-refractivity contribution in [3.05, 3.63) is 36.0 Å². The van der Waals surface area contributed by atoms with Crippen LogP contribution in [0.4, 0.5) is 5.69 Å². The first-order valence-electron chi connectivity index (χ1n) is 7.52. The number of carbonyl (C=O) groups excluding carboxylic acids is 1. The molecule has 1 atom stereocenters. The van der Waals surface area contributed by atoms with Gasteiger partial charge in [-0.25, -0.2) is 0 Å². The maximum atomic E-state index is 12.6. The van der Waals surface area contributed by atoms with Crippen LogP contribution in [0.3, 0.4) is 0 Å². The van der Waals surface area contributed by atoms with E-state index in [1.54, 1.807) is 18.7 Å². The molecule has 0 fully saturated rings. The van der Waals surface area contributed by atoms with Gasteiger partial charge < -0.3 is 14.2 Å². The fourth-order valence-electron chi connectivity index (χ4n) is 2.44. The van der Waals surface area contributed by atoms with Crippen LogP contribution in [0.2, 0.25) is 0 Å². The number of fused-ring (bicyclic) bond motifs is 1. The zero-order valence-electron chi connectivity index (χ0n) is 13.2. The SMILES string of the molecule is Cc1noc(COCC(=O)N2CC(C)CSc3ccccc32)n1. The van der Waals surface area contributed by atoms with E-state index in [0.717, 1.165) is 16.3 Å². The highest BCUT2D eigenvalue weighted by Crippen LogP contribution is 2.35. The van der Waals surface area contributed by atoms with Crippen molar-refractivity contribution in [1.82, 2.24) is 10.1 Å². The Bertz CT molecular complexity index is 689. The van der Waals surface area contributed by atoms with Gasteiger partial charge in [0.1, 0.15) is 13.2 Å². The van der Waals surface area contributed by atoms with Crippen molar-refractivity contribution >= 4 is 23.4 Å². The standard InChI is InChI=1S/C16H19N3O3S/c1-11-7-19(13-5-3-4-6-14(13)23-10-11)16(20)9-21-8-15-17-12(2)18-22-15/h3-6,11H,7-10H2,1-2H3. The number of aromatic nitrogens is 2. The van der Waals surface area contributed by atoms with Crippen LogP contribution >= 0.6 is 11.8 Å². The van der Waals surface area contributed by atoms with Crippen molar-refractivity contribution in [3.8, 4) is 0 Å². The first-order valence-corrected chi connectivity index (χ1v) is 8.51. The van der Waals surface area contributed by atoms with Crippen molar-refractivity contribution in [2.75, 3.05) is 23.8 Å². The fraction of sp³-hybridized carbons (Fsp3) is 0.438. The number of hydrogen-bond donors (Lipinski definition) is 0. The molecule has 6 nitrogen and oxygen atoms in total. The second-order valence-corrected chi connectivity index (χ2v) is 6.68. The van der Waals surface area contributed by atoms with E-state index in [2.05, 4.69) is 23.1 Å². The minimum Gasteiger partial charge on any atom is -0.362 e. The first kappa shape index (κ1) is 16.0. The maximum absolute atomic E-state index is 12.6. The summed E-state index contributed by atoms with van der Waals surface area (Å²) < 4.78 is 10.4. The Kier molecular flexibility index (Phi) is 4.97. The largest absolute Gasteiger partial charge is 0.362 e. The van der Waals surface area contributed by atoms with E-state index in [1.165, 1.54) is 0 Å². The average Bonchev–Trinajstić information content (AvgIpc) is 2.87. The predicted molar refractivity (Wildman–Crippen MR) is 87.4 cm³/mol. The van der Waals surface area contributed by atoms with Gasteiger partial charge in [-0.3, -0.25) is 4.79 Å². The molecular formula is C16H19N3O3S. The molecule has 1 amide bonds. The van der Waals surface area contributed by atoms with Gasteiger partial charge in [0.2, 0.25) is 0 Å². The number of nitrogens with zero attached hydrogens (tertiary/aromatic N) is 3. The lowest BCUT2D eigenvalue weighted by Crippen LogP contribution is -2.37. The second kappa shape index (κ2) is 7.14. The van der Waals surface area contributed by atoms with Crippen molar-refractivity contribution in [3.63, 3.8) is 0 Å². The van der Waals surface area contributed by atoms with Gasteiger partial charge in [0.05, 0.1) is 5.69 Å². The highest BCUT2D eigenvalue weighted by atomic mass is 32.2. The number of hydrogen-bond acceptors (Lipinski definition) is 6. The highest BCUT2D eigenvalue weighted by molar-refractivity contribution is 7.99. The third-order valence-electron chi connectivity index (χ3n) is 3.50. The third kappa shape index (κ3) is 3.92. The van der Waals surface area contributed by atoms with Gasteiger partial charge in [-0.2, -0.15) is 4.98 Å². The molecular weight excluding hydrogens is 314 g/mol. The summed E-state index contributed by atoms with van der Waals surface area (Å²) in [6.45, 7) is 4.73. The number of anilines is 1. The molecule has 7 heteroatoms. The lowest BCUT2D eigenvalue weighted by molar-refractivity contribution is -0.123. The quantitative estimate of drug-likeness (QED) is 0.857. The molecule has 0 bridgehead atoms. The smallest absolute Gasteiger partial charge is 0.253 e. The molecule has 0 radical (unpaired) electrons. The molecule has 2 heterocycles. The van der Waals surface area contributed by atoms with Gasteiger partial charge in [0, 0.05) is 17.2 Å². The summed E-state index contributed by atoms with van der Waals surface area (Å²) in [5, 5.41) is 3.69. The second-order valence-electron chi connectivity index (χ2n) is 5.62. The molecule has 1 unspecified atom stereocenters. The molecule has 1 aromatic heterocycles. The molecule has 0 saturated heterocycles. The van der Waals surface area contributed by atoms with Gasteiger partial charge in [-0.15, -0.1) is 11.8 Å². The lowest BCUT2D eigenvalue weighted by atomic mass is 10.2. The Morgan fingerprint density at radius 3 is 3.09 bits per heavy atom. The minimum absolute atomic E-state index is 0.00680. The molecule has 122 valence electrons. The van der Waals surface area contributed by atoms with Crippen molar-refractivity contribution < 1.29 is 14.1 Å². The van der Waals surface area contributed by atoms with Crippen LogP contribution in [0.25, 0.3) is 0 Å². The minimum atomic E-state index is -0.0527. The summed E-state index contributed by atoms with van der Waals surface area (Å²) in [6.07, 6.45) is 0. The number of rotatable bonds is 4. The summed E-state index contributed by atoms with van der Waals surface area (Å²) in [7, 11) is 0. The van der Waals surface area contributed by atoms with E-state index in [0.29, 0.717) is 24.2 Å². The van der Waals surface area contributed by atoms with Crippen LogP contribution in [-0.2, 0) is 16.1 Å². The van der Waals surface area contributed by atoms with Crippen molar-refractivity contribution in [1.29, 1.82) is 0 Å². The molecule has 0 N–H and O–H groups in total. The van der Waals surface area contributed by atoms with E-state index in [9.17, 15) is 4.79 Å². The molecule has 0 saturated carbocycles. The van der Waals surface area contributed by atoms with Gasteiger partial charge >= 0.3 is 0 Å². The molecule has 1 aliphatic heterocycles. The van der Waals surface area contributed by atoms with Gasteiger partial charge in [0.25, 0.3) is 11.8 Å². The van der Waals surface area contributed by atoms with Crippen LogP contribution in [0.1, 0.15) is 18.6 Å². The molecule has 1 aliphatic rings. The van der Waals surface area contributed by atoms with Crippen LogP contribution in [-0.4, -0.2) is 35.0 Å². The van der Waals surface area contributed by atoms with E-state index >= 15 is 0 Å². The van der Waals surface area contributed by atoms with Gasteiger partial charge in [0.15, 0.2) is 5.82 Å². The Hall–Kier alpha value is -1.86. The number of amides is 1. The molecule has 3 rings (SSSR count). The Morgan fingerprint density at radius 2 is 2.30 bits per heavy atom. The van der Waals surface area contributed by atoms with E-state index < -0.39 is 0 Å². The Balaban J connectivity index is 1.65. The number of aryl methyl sites for hydroxylation is 1.